The Morgan fingerprint density at radius 3 is 2.76 bits per heavy atom. The summed E-state index contributed by atoms with van der Waals surface area (Å²) in [6.07, 6.45) is 1.24. The van der Waals surface area contributed by atoms with Crippen LogP contribution in [0, 0.1) is 6.92 Å². The minimum absolute atomic E-state index is 0.00582. The van der Waals surface area contributed by atoms with Crippen molar-refractivity contribution in [2.75, 3.05) is 5.73 Å². The van der Waals surface area contributed by atoms with Crippen molar-refractivity contribution >= 4 is 34.6 Å². The van der Waals surface area contributed by atoms with E-state index in [9.17, 15) is 14.7 Å². The second-order valence-corrected chi connectivity index (χ2v) is 5.07. The van der Waals surface area contributed by atoms with Gasteiger partial charge in [-0.25, -0.2) is 10.4 Å². The molecule has 1 aromatic carbocycles. The normalized spacial score (nSPS) is 10.7. The smallest absolute Gasteiger partial charge is 0.283 e. The van der Waals surface area contributed by atoms with Crippen molar-refractivity contribution in [1.29, 1.82) is 0 Å². The van der Waals surface area contributed by atoms with E-state index in [4.69, 9.17) is 5.73 Å². The van der Waals surface area contributed by atoms with Crippen LogP contribution in [-0.4, -0.2) is 23.1 Å². The van der Waals surface area contributed by atoms with E-state index in [1.54, 1.807) is 25.1 Å². The molecule has 0 aliphatic carbocycles. The summed E-state index contributed by atoms with van der Waals surface area (Å²) in [6.45, 7) is 1.66. The van der Waals surface area contributed by atoms with Crippen LogP contribution in [0.15, 0.2) is 29.4 Å². The molecule has 0 aliphatic rings. The molecule has 8 heteroatoms. The number of amides is 1. The Kier molecular flexibility index (Phi) is 4.29. The van der Waals surface area contributed by atoms with Crippen molar-refractivity contribution in [3.05, 3.63) is 46.0 Å². The van der Waals surface area contributed by atoms with Crippen LogP contribution in [0.4, 0.5) is 5.13 Å². The van der Waals surface area contributed by atoms with Gasteiger partial charge in [0.2, 0.25) is 0 Å². The number of carbonyl (C=O) groups is 2. The molecule has 0 saturated carbocycles. The second kappa shape index (κ2) is 6.14. The number of hydrazone groups is 1. The first-order chi connectivity index (χ1) is 9.99. The summed E-state index contributed by atoms with van der Waals surface area (Å²) in [4.78, 5) is 27.0. The monoisotopic (exact) mass is 303 g/mol. The maximum atomic E-state index is 11.8. The number of carbonyl (C=O) groups excluding carboxylic acids is 2. The van der Waals surface area contributed by atoms with Gasteiger partial charge in [-0.15, -0.1) is 0 Å². The molecule has 0 aliphatic heterocycles. The Bertz CT molecular complexity index is 724. The first kappa shape index (κ1) is 14.7. The number of nitrogens with zero attached hydrogens (tertiary/aromatic N) is 2. The minimum Gasteiger partial charge on any atom is -0.545 e. The number of aromatic nitrogens is 1. The van der Waals surface area contributed by atoms with Crippen molar-refractivity contribution in [3.63, 3.8) is 0 Å². The fourth-order valence-electron chi connectivity index (χ4n) is 1.63. The van der Waals surface area contributed by atoms with Gasteiger partial charge in [-0.2, -0.15) is 5.10 Å². The lowest BCUT2D eigenvalue weighted by molar-refractivity contribution is -0.255. The summed E-state index contributed by atoms with van der Waals surface area (Å²) in [5.41, 5.74) is 8.65. The molecule has 108 valence electrons. The molecule has 0 unspecified atom stereocenters. The van der Waals surface area contributed by atoms with Crippen LogP contribution in [0.1, 0.15) is 31.3 Å². The minimum atomic E-state index is -1.31. The quantitative estimate of drug-likeness (QED) is 0.615. The van der Waals surface area contributed by atoms with Gasteiger partial charge in [0, 0.05) is 11.1 Å². The van der Waals surface area contributed by atoms with Crippen LogP contribution in [0.25, 0.3) is 0 Å². The molecule has 0 bridgehead atoms. The van der Waals surface area contributed by atoms with Gasteiger partial charge in [0.1, 0.15) is 4.88 Å². The van der Waals surface area contributed by atoms with Gasteiger partial charge >= 0.3 is 0 Å². The first-order valence-corrected chi connectivity index (χ1v) is 6.67. The molecule has 1 heterocycles. The fourth-order valence-corrected chi connectivity index (χ4v) is 2.36. The number of thiazole rings is 1. The first-order valence-electron chi connectivity index (χ1n) is 5.85. The third-order valence-electron chi connectivity index (χ3n) is 2.57. The third-order valence-corrected chi connectivity index (χ3v) is 3.56. The SMILES string of the molecule is Cc1nc(N)sc1C(=O)N/N=C\c1ccccc1C(=O)[O-]. The predicted octanol–water partition coefficient (Wildman–Crippen LogP) is 0.161. The lowest BCUT2D eigenvalue weighted by Crippen LogP contribution is -2.24. The summed E-state index contributed by atoms with van der Waals surface area (Å²) >= 11 is 1.05. The maximum absolute atomic E-state index is 11.8. The van der Waals surface area contributed by atoms with Crippen molar-refractivity contribution in [2.45, 2.75) is 6.92 Å². The lowest BCUT2D eigenvalue weighted by Gasteiger charge is -2.05. The standard InChI is InChI=1S/C13H12N4O3S/c1-7-10(21-13(14)16-7)11(18)17-15-6-8-4-2-3-5-9(8)12(19)20/h2-6H,1H3,(H2,14,16)(H,17,18)(H,19,20)/p-1/b15-6-. The number of hydrogen-bond donors (Lipinski definition) is 2. The highest BCUT2D eigenvalue weighted by atomic mass is 32.1. The number of aryl methyl sites for hydroxylation is 1. The zero-order valence-corrected chi connectivity index (χ0v) is 11.8. The highest BCUT2D eigenvalue weighted by Crippen LogP contribution is 2.19. The summed E-state index contributed by atoms with van der Waals surface area (Å²) in [5, 5.41) is 14.9. The molecule has 0 fully saturated rings. The van der Waals surface area contributed by atoms with Crippen molar-refractivity contribution < 1.29 is 14.7 Å². The lowest BCUT2D eigenvalue weighted by atomic mass is 10.1. The van der Waals surface area contributed by atoms with E-state index in [2.05, 4.69) is 15.5 Å². The molecule has 2 aromatic rings. The van der Waals surface area contributed by atoms with Gasteiger partial charge in [0.15, 0.2) is 5.13 Å². The zero-order chi connectivity index (χ0) is 15.4. The van der Waals surface area contributed by atoms with Gasteiger partial charge < -0.3 is 15.6 Å². The average molecular weight is 303 g/mol. The molecule has 0 spiro atoms. The number of aromatic carboxylic acids is 1. The van der Waals surface area contributed by atoms with Crippen LogP contribution < -0.4 is 16.3 Å². The van der Waals surface area contributed by atoms with Crippen LogP contribution in [0.5, 0.6) is 0 Å². The Morgan fingerprint density at radius 2 is 2.14 bits per heavy atom. The Morgan fingerprint density at radius 1 is 1.43 bits per heavy atom. The fraction of sp³-hybridized carbons (Fsp3) is 0.0769. The van der Waals surface area contributed by atoms with Gasteiger partial charge in [-0.1, -0.05) is 35.6 Å². The van der Waals surface area contributed by atoms with Crippen molar-refractivity contribution in [1.82, 2.24) is 10.4 Å². The van der Waals surface area contributed by atoms with Crippen molar-refractivity contribution in [2.24, 2.45) is 5.10 Å². The Labute approximate surface area is 124 Å². The summed E-state index contributed by atoms with van der Waals surface area (Å²) in [7, 11) is 0. The van der Waals surface area contributed by atoms with Gasteiger partial charge in [0.05, 0.1) is 17.9 Å². The van der Waals surface area contributed by atoms with E-state index >= 15 is 0 Å². The maximum Gasteiger partial charge on any atom is 0.283 e. The van der Waals surface area contributed by atoms with E-state index in [1.165, 1.54) is 12.3 Å². The summed E-state index contributed by atoms with van der Waals surface area (Å²) in [5.74, 6) is -1.77. The molecule has 0 atom stereocenters. The van der Waals surface area contributed by atoms with Crippen LogP contribution in [-0.2, 0) is 0 Å². The van der Waals surface area contributed by atoms with Gasteiger partial charge in [-0.3, -0.25) is 4.79 Å². The average Bonchev–Trinajstić information content (AvgIpc) is 2.78. The van der Waals surface area contributed by atoms with E-state index in [0.29, 0.717) is 21.3 Å². The van der Waals surface area contributed by atoms with Crippen LogP contribution >= 0.6 is 11.3 Å². The molecule has 2 rings (SSSR count). The molecule has 1 amide bonds. The molecular formula is C13H11N4O3S-. The highest BCUT2D eigenvalue weighted by molar-refractivity contribution is 7.17. The highest BCUT2D eigenvalue weighted by Gasteiger charge is 2.13. The number of benzene rings is 1. The van der Waals surface area contributed by atoms with E-state index < -0.39 is 11.9 Å². The number of nitrogen functional groups attached to an aromatic ring is 1. The predicted molar refractivity (Wildman–Crippen MR) is 77.1 cm³/mol. The summed E-state index contributed by atoms with van der Waals surface area (Å²) in [6, 6.07) is 6.18. The number of anilines is 1. The molecular weight excluding hydrogens is 292 g/mol. The number of hydrogen-bond acceptors (Lipinski definition) is 7. The number of rotatable bonds is 4. The Hall–Kier alpha value is -2.74. The zero-order valence-electron chi connectivity index (χ0n) is 11.0. The van der Waals surface area contributed by atoms with E-state index in [1.807, 2.05) is 0 Å². The van der Waals surface area contributed by atoms with Crippen LogP contribution in [0.2, 0.25) is 0 Å². The number of carboxylic acid groups (broad SMARTS) is 1. The third kappa shape index (κ3) is 3.42. The van der Waals surface area contributed by atoms with Crippen LogP contribution in [0.3, 0.4) is 0 Å². The molecule has 1 aromatic heterocycles. The van der Waals surface area contributed by atoms with Crippen molar-refractivity contribution in [3.8, 4) is 0 Å². The van der Waals surface area contributed by atoms with E-state index in [-0.39, 0.29) is 5.56 Å². The second-order valence-electron chi connectivity index (χ2n) is 4.04. The Balaban J connectivity index is 2.11. The topological polar surface area (TPSA) is 120 Å². The number of nitrogens with two attached hydrogens (primary N) is 1. The van der Waals surface area contributed by atoms with E-state index in [0.717, 1.165) is 11.3 Å². The molecule has 0 radical (unpaired) electrons. The largest absolute Gasteiger partial charge is 0.545 e. The number of nitrogens with one attached hydrogen (secondary N) is 1. The number of carboxylic acids is 1. The molecule has 7 nitrogen and oxygen atoms in total. The molecule has 3 N–H and O–H groups in total. The molecule has 0 saturated heterocycles. The van der Waals surface area contributed by atoms with Gasteiger partial charge in [0.25, 0.3) is 5.91 Å². The van der Waals surface area contributed by atoms with Gasteiger partial charge in [-0.05, 0) is 6.92 Å². The summed E-state index contributed by atoms with van der Waals surface area (Å²) < 4.78 is 0. The molecule has 21 heavy (non-hydrogen) atoms.